The fourth-order valence-electron chi connectivity index (χ4n) is 3.39. The first-order valence-electron chi connectivity index (χ1n) is 7.99. The van der Waals surface area contributed by atoms with Gasteiger partial charge < -0.3 is 14.9 Å². The summed E-state index contributed by atoms with van der Waals surface area (Å²) in [5.41, 5.74) is -1.04. The summed E-state index contributed by atoms with van der Waals surface area (Å²) in [7, 11) is 0. The lowest BCUT2D eigenvalue weighted by Crippen LogP contribution is -2.39. The zero-order valence-electron chi connectivity index (χ0n) is 13.7. The monoisotopic (exact) mass is 352 g/mol. The molecule has 134 valence electrons. The maximum Gasteiger partial charge on any atom is 0.311 e. The third kappa shape index (κ3) is 3.08. The van der Waals surface area contributed by atoms with Gasteiger partial charge in [-0.15, -0.1) is 0 Å². The van der Waals surface area contributed by atoms with Gasteiger partial charge in [0, 0.05) is 32.1 Å². The first-order chi connectivity index (χ1) is 11.7. The molecule has 0 bridgehead atoms. The van der Waals surface area contributed by atoms with E-state index in [0.29, 0.717) is 19.0 Å². The number of hydrogen-bond acceptors (Lipinski definition) is 3. The van der Waals surface area contributed by atoms with Crippen molar-refractivity contribution in [2.24, 2.45) is 11.3 Å². The average molecular weight is 352 g/mol. The summed E-state index contributed by atoms with van der Waals surface area (Å²) in [6.07, 6.45) is 0.279. The Bertz CT molecular complexity index is 754. The van der Waals surface area contributed by atoms with Gasteiger partial charge in [0.25, 0.3) is 0 Å². The molecule has 2 aliphatic heterocycles. The molecule has 0 spiro atoms. The maximum atomic E-state index is 13.9. The molecule has 0 unspecified atom stereocenters. The Morgan fingerprint density at radius 3 is 2.64 bits per heavy atom. The van der Waals surface area contributed by atoms with Crippen molar-refractivity contribution in [2.45, 2.75) is 19.8 Å². The summed E-state index contributed by atoms with van der Waals surface area (Å²) < 4.78 is 26.9. The molecular weight excluding hydrogens is 334 g/mol. The minimum absolute atomic E-state index is 0.000501. The number of carbonyl (C=O) groups is 3. The highest BCUT2D eigenvalue weighted by molar-refractivity contribution is 6.00. The second-order valence-electron chi connectivity index (χ2n) is 6.88. The number of hydrogen-bond donors (Lipinski definition) is 1. The summed E-state index contributed by atoms with van der Waals surface area (Å²) in [6, 6.07) is 2.92. The normalized spacial score (nSPS) is 26.4. The van der Waals surface area contributed by atoms with Crippen LogP contribution in [0.3, 0.4) is 0 Å². The van der Waals surface area contributed by atoms with E-state index < -0.39 is 34.8 Å². The summed E-state index contributed by atoms with van der Waals surface area (Å²) in [6.45, 7) is 2.00. The van der Waals surface area contributed by atoms with Crippen LogP contribution in [-0.2, 0) is 14.4 Å². The number of carboxylic acid groups (broad SMARTS) is 1. The van der Waals surface area contributed by atoms with Crippen LogP contribution in [0, 0.1) is 23.0 Å². The van der Waals surface area contributed by atoms with Gasteiger partial charge in [-0.3, -0.25) is 14.4 Å². The molecule has 2 atom stereocenters. The molecule has 2 amide bonds. The number of likely N-dealkylation sites (tertiary alicyclic amines) is 1. The van der Waals surface area contributed by atoms with Crippen molar-refractivity contribution in [3.05, 3.63) is 29.8 Å². The molecule has 1 aromatic carbocycles. The largest absolute Gasteiger partial charge is 0.481 e. The van der Waals surface area contributed by atoms with Crippen LogP contribution in [0.1, 0.15) is 19.8 Å². The summed E-state index contributed by atoms with van der Waals surface area (Å²) in [5.74, 6) is -3.94. The van der Waals surface area contributed by atoms with E-state index in [-0.39, 0.29) is 31.1 Å². The van der Waals surface area contributed by atoms with E-state index in [1.165, 1.54) is 11.0 Å². The number of carboxylic acids is 1. The lowest BCUT2D eigenvalue weighted by atomic mass is 9.90. The molecule has 0 aromatic heterocycles. The van der Waals surface area contributed by atoms with Gasteiger partial charge in [0.1, 0.15) is 11.6 Å². The zero-order valence-corrected chi connectivity index (χ0v) is 13.7. The highest BCUT2D eigenvalue weighted by Crippen LogP contribution is 2.34. The van der Waals surface area contributed by atoms with Crippen molar-refractivity contribution in [1.29, 1.82) is 0 Å². The second-order valence-corrected chi connectivity index (χ2v) is 6.88. The van der Waals surface area contributed by atoms with Crippen LogP contribution in [0.5, 0.6) is 0 Å². The third-order valence-electron chi connectivity index (χ3n) is 4.98. The van der Waals surface area contributed by atoms with Crippen LogP contribution in [0.25, 0.3) is 0 Å². The zero-order chi connectivity index (χ0) is 18.4. The lowest BCUT2D eigenvalue weighted by molar-refractivity contribution is -0.147. The Morgan fingerprint density at radius 1 is 1.32 bits per heavy atom. The van der Waals surface area contributed by atoms with Gasteiger partial charge in [-0.2, -0.15) is 0 Å². The Hall–Kier alpha value is -2.51. The van der Waals surface area contributed by atoms with Gasteiger partial charge in [-0.25, -0.2) is 8.78 Å². The Morgan fingerprint density at radius 2 is 2.04 bits per heavy atom. The lowest BCUT2D eigenvalue weighted by Gasteiger charge is -2.23. The van der Waals surface area contributed by atoms with Gasteiger partial charge in [-0.1, -0.05) is 0 Å². The molecular formula is C17H18F2N2O4. The van der Waals surface area contributed by atoms with Crippen molar-refractivity contribution in [1.82, 2.24) is 4.90 Å². The fourth-order valence-corrected chi connectivity index (χ4v) is 3.39. The Labute approximate surface area is 143 Å². The highest BCUT2D eigenvalue weighted by atomic mass is 19.1. The molecule has 2 saturated heterocycles. The van der Waals surface area contributed by atoms with E-state index in [1.54, 1.807) is 6.92 Å². The third-order valence-corrected chi connectivity index (χ3v) is 4.98. The molecule has 1 aromatic rings. The number of amides is 2. The van der Waals surface area contributed by atoms with Gasteiger partial charge in [0.2, 0.25) is 11.8 Å². The minimum Gasteiger partial charge on any atom is -0.481 e. The van der Waals surface area contributed by atoms with Crippen LogP contribution >= 0.6 is 0 Å². The Kier molecular flexibility index (Phi) is 4.22. The molecule has 8 heteroatoms. The molecule has 25 heavy (non-hydrogen) atoms. The molecule has 0 saturated carbocycles. The van der Waals surface area contributed by atoms with E-state index >= 15 is 0 Å². The van der Waals surface area contributed by atoms with Crippen LogP contribution in [-0.4, -0.2) is 47.4 Å². The number of benzene rings is 1. The molecule has 2 aliphatic rings. The number of rotatable bonds is 3. The van der Waals surface area contributed by atoms with Crippen LogP contribution in [0.15, 0.2) is 18.2 Å². The fraction of sp³-hybridized carbons (Fsp3) is 0.471. The molecule has 2 fully saturated rings. The van der Waals surface area contributed by atoms with Crippen LogP contribution < -0.4 is 4.90 Å². The predicted molar refractivity (Wildman–Crippen MR) is 83.8 cm³/mol. The first kappa shape index (κ1) is 17.3. The quantitative estimate of drug-likeness (QED) is 0.897. The average Bonchev–Trinajstić information content (AvgIpc) is 3.11. The summed E-state index contributed by atoms with van der Waals surface area (Å²) in [4.78, 5) is 38.7. The second kappa shape index (κ2) is 6.09. The van der Waals surface area contributed by atoms with Crippen molar-refractivity contribution >= 4 is 23.5 Å². The van der Waals surface area contributed by atoms with Crippen LogP contribution in [0.2, 0.25) is 0 Å². The summed E-state index contributed by atoms with van der Waals surface area (Å²) in [5, 5.41) is 9.25. The van der Waals surface area contributed by atoms with Gasteiger partial charge in [0.05, 0.1) is 17.0 Å². The molecule has 0 radical (unpaired) electrons. The van der Waals surface area contributed by atoms with E-state index in [0.717, 1.165) is 11.0 Å². The highest BCUT2D eigenvalue weighted by Gasteiger charge is 2.45. The van der Waals surface area contributed by atoms with Crippen LogP contribution in [0.4, 0.5) is 14.5 Å². The Balaban J connectivity index is 1.72. The molecule has 3 rings (SSSR count). The smallest absolute Gasteiger partial charge is 0.311 e. The predicted octanol–water partition coefficient (Wildman–Crippen LogP) is 1.64. The van der Waals surface area contributed by atoms with Gasteiger partial charge in [0.15, 0.2) is 0 Å². The minimum atomic E-state index is -0.985. The number of aliphatic carboxylic acids is 1. The standard InChI is InChI=1S/C17H18F2N2O4/c1-17(16(24)25)4-5-20(9-17)15(23)10-6-14(22)21(8-10)13-3-2-11(18)7-12(13)19/h2-3,7,10H,4-6,8-9H2,1H3,(H,24,25)/t10-,17-/m0/s1. The van der Waals surface area contributed by atoms with Crippen molar-refractivity contribution in [3.8, 4) is 0 Å². The number of carbonyl (C=O) groups excluding carboxylic acids is 2. The topological polar surface area (TPSA) is 77.9 Å². The number of nitrogens with zero attached hydrogens (tertiary/aromatic N) is 2. The maximum absolute atomic E-state index is 13.9. The van der Waals surface area contributed by atoms with Crippen molar-refractivity contribution < 1.29 is 28.3 Å². The molecule has 6 nitrogen and oxygen atoms in total. The van der Waals surface area contributed by atoms with Crippen molar-refractivity contribution in [3.63, 3.8) is 0 Å². The van der Waals surface area contributed by atoms with Crippen molar-refractivity contribution in [2.75, 3.05) is 24.5 Å². The van der Waals surface area contributed by atoms with Gasteiger partial charge in [-0.05, 0) is 25.5 Å². The number of anilines is 1. The van der Waals surface area contributed by atoms with E-state index in [1.807, 2.05) is 0 Å². The van der Waals surface area contributed by atoms with E-state index in [4.69, 9.17) is 0 Å². The van der Waals surface area contributed by atoms with E-state index in [2.05, 4.69) is 0 Å². The number of halogens is 2. The van der Waals surface area contributed by atoms with Gasteiger partial charge >= 0.3 is 5.97 Å². The SMILES string of the molecule is C[C@]1(C(=O)O)CCN(C(=O)[C@H]2CC(=O)N(c3ccc(F)cc3F)C2)C1. The van der Waals surface area contributed by atoms with E-state index in [9.17, 15) is 28.3 Å². The molecule has 1 N–H and O–H groups in total. The first-order valence-corrected chi connectivity index (χ1v) is 7.99. The molecule has 2 heterocycles. The molecule has 0 aliphatic carbocycles. The summed E-state index contributed by atoms with van der Waals surface area (Å²) >= 11 is 0.